The third-order valence-corrected chi connectivity index (χ3v) is 5.04. The van der Waals surface area contributed by atoms with Crippen molar-refractivity contribution >= 4 is 11.6 Å². The van der Waals surface area contributed by atoms with Crippen LogP contribution in [0.15, 0.2) is 18.2 Å². The number of rotatable bonds is 6. The smallest absolute Gasteiger partial charge is 0.227 e. The van der Waals surface area contributed by atoms with Crippen molar-refractivity contribution in [2.24, 2.45) is 11.8 Å². The summed E-state index contributed by atoms with van der Waals surface area (Å²) >= 11 is 0. The standard InChI is InChI=1S/C17H22N6O2/c1-10(12-8-18-9-12)17(24)19-13-5-6-15(25-2)14(7-13)23-16(11-3-4-11)20-21-22-23/h5-7,10-12,18H,3-4,8-9H2,1-2H3,(H,19,24). The van der Waals surface area contributed by atoms with Crippen LogP contribution in [0, 0.1) is 11.8 Å². The Bertz CT molecular complexity index is 781. The number of ether oxygens (including phenoxy) is 1. The van der Waals surface area contributed by atoms with Crippen LogP contribution in [0.25, 0.3) is 5.69 Å². The normalized spacial score (nSPS) is 18.5. The highest BCUT2D eigenvalue weighted by Gasteiger charge is 2.31. The van der Waals surface area contributed by atoms with Crippen LogP contribution in [-0.4, -0.2) is 46.3 Å². The molecule has 0 bridgehead atoms. The fourth-order valence-corrected chi connectivity index (χ4v) is 3.03. The molecule has 2 fully saturated rings. The fourth-order valence-electron chi connectivity index (χ4n) is 3.03. The van der Waals surface area contributed by atoms with Gasteiger partial charge in [0.05, 0.1) is 7.11 Å². The first-order valence-electron chi connectivity index (χ1n) is 8.65. The van der Waals surface area contributed by atoms with E-state index in [1.54, 1.807) is 11.8 Å². The van der Waals surface area contributed by atoms with Crippen molar-refractivity contribution < 1.29 is 9.53 Å². The first-order chi connectivity index (χ1) is 12.2. The lowest BCUT2D eigenvalue weighted by atomic mass is 9.88. The van der Waals surface area contributed by atoms with Gasteiger partial charge in [0.25, 0.3) is 0 Å². The van der Waals surface area contributed by atoms with E-state index in [-0.39, 0.29) is 11.8 Å². The van der Waals surface area contributed by atoms with E-state index in [9.17, 15) is 4.79 Å². The Morgan fingerprint density at radius 1 is 1.40 bits per heavy atom. The average Bonchev–Trinajstić information content (AvgIpc) is 3.30. The molecule has 1 amide bonds. The lowest BCUT2D eigenvalue weighted by molar-refractivity contribution is -0.121. The van der Waals surface area contributed by atoms with Crippen LogP contribution in [0.5, 0.6) is 5.75 Å². The van der Waals surface area contributed by atoms with Crippen LogP contribution < -0.4 is 15.4 Å². The van der Waals surface area contributed by atoms with Crippen LogP contribution in [0.2, 0.25) is 0 Å². The highest BCUT2D eigenvalue weighted by atomic mass is 16.5. The molecule has 2 aliphatic rings. The van der Waals surface area contributed by atoms with Gasteiger partial charge in [-0.2, -0.15) is 4.68 Å². The molecule has 8 heteroatoms. The maximum atomic E-state index is 12.5. The lowest BCUT2D eigenvalue weighted by Crippen LogP contribution is -2.48. The number of carbonyl (C=O) groups is 1. The summed E-state index contributed by atoms with van der Waals surface area (Å²) in [5.41, 5.74) is 1.46. The molecular weight excluding hydrogens is 320 g/mol. The van der Waals surface area contributed by atoms with E-state index in [1.165, 1.54) is 0 Å². The molecule has 8 nitrogen and oxygen atoms in total. The van der Waals surface area contributed by atoms with Gasteiger partial charge in [0.15, 0.2) is 5.82 Å². The molecule has 1 aliphatic carbocycles. The van der Waals surface area contributed by atoms with Gasteiger partial charge in [-0.15, -0.1) is 5.10 Å². The van der Waals surface area contributed by atoms with E-state index >= 15 is 0 Å². The van der Waals surface area contributed by atoms with Gasteiger partial charge in [0.1, 0.15) is 11.4 Å². The summed E-state index contributed by atoms with van der Waals surface area (Å²) in [6, 6.07) is 5.54. The molecule has 2 N–H and O–H groups in total. The van der Waals surface area contributed by atoms with Gasteiger partial charge < -0.3 is 15.4 Å². The number of carbonyl (C=O) groups excluding carboxylic acids is 1. The number of methoxy groups -OCH3 is 1. The zero-order valence-corrected chi connectivity index (χ0v) is 14.4. The largest absolute Gasteiger partial charge is 0.494 e. The van der Waals surface area contributed by atoms with Crippen LogP contribution in [-0.2, 0) is 4.79 Å². The van der Waals surface area contributed by atoms with Crippen LogP contribution >= 0.6 is 0 Å². The lowest BCUT2D eigenvalue weighted by Gasteiger charge is -2.31. The van der Waals surface area contributed by atoms with Crippen molar-refractivity contribution in [3.05, 3.63) is 24.0 Å². The Morgan fingerprint density at radius 3 is 2.84 bits per heavy atom. The first kappa shape index (κ1) is 16.0. The molecule has 1 unspecified atom stereocenters. The molecule has 1 saturated carbocycles. The van der Waals surface area contributed by atoms with Crippen LogP contribution in [0.4, 0.5) is 5.69 Å². The van der Waals surface area contributed by atoms with E-state index in [4.69, 9.17) is 4.74 Å². The minimum absolute atomic E-state index is 0.0261. The number of nitrogens with one attached hydrogen (secondary N) is 2. The van der Waals surface area contributed by atoms with E-state index in [0.717, 1.165) is 43.1 Å². The third kappa shape index (κ3) is 3.09. The molecular formula is C17H22N6O2. The number of aromatic nitrogens is 4. The van der Waals surface area contributed by atoms with Gasteiger partial charge in [-0.3, -0.25) is 4.79 Å². The second-order valence-electron chi connectivity index (χ2n) is 6.81. The quantitative estimate of drug-likeness (QED) is 0.823. The van der Waals surface area contributed by atoms with Gasteiger partial charge in [0, 0.05) is 17.5 Å². The van der Waals surface area contributed by atoms with Gasteiger partial charge in [-0.1, -0.05) is 6.92 Å². The Labute approximate surface area is 145 Å². The number of anilines is 1. The van der Waals surface area contributed by atoms with E-state index < -0.39 is 0 Å². The number of tetrazole rings is 1. The summed E-state index contributed by atoms with van der Waals surface area (Å²) in [5.74, 6) is 2.32. The van der Waals surface area contributed by atoms with Crippen molar-refractivity contribution in [2.45, 2.75) is 25.7 Å². The minimum Gasteiger partial charge on any atom is -0.494 e. The molecule has 1 atom stereocenters. The van der Waals surface area contributed by atoms with Gasteiger partial charge >= 0.3 is 0 Å². The molecule has 4 rings (SSSR count). The molecule has 2 heterocycles. The number of amides is 1. The molecule has 25 heavy (non-hydrogen) atoms. The van der Waals surface area contributed by atoms with Crippen molar-refractivity contribution in [1.82, 2.24) is 25.5 Å². The van der Waals surface area contributed by atoms with Crippen LogP contribution in [0.3, 0.4) is 0 Å². The number of benzene rings is 1. The maximum absolute atomic E-state index is 12.5. The third-order valence-electron chi connectivity index (χ3n) is 5.04. The fraction of sp³-hybridized carbons (Fsp3) is 0.529. The van der Waals surface area contributed by atoms with Gasteiger partial charge in [0.2, 0.25) is 5.91 Å². The second-order valence-corrected chi connectivity index (χ2v) is 6.81. The molecule has 1 aromatic heterocycles. The zero-order valence-electron chi connectivity index (χ0n) is 14.4. The summed E-state index contributed by atoms with van der Waals surface area (Å²) in [7, 11) is 1.61. The second kappa shape index (κ2) is 6.44. The summed E-state index contributed by atoms with van der Waals surface area (Å²) in [6.45, 7) is 3.77. The highest BCUT2D eigenvalue weighted by Crippen LogP contribution is 2.40. The van der Waals surface area contributed by atoms with Crippen molar-refractivity contribution in [1.29, 1.82) is 0 Å². The van der Waals surface area contributed by atoms with Gasteiger partial charge in [-0.05, 0) is 60.5 Å². The van der Waals surface area contributed by atoms with Gasteiger partial charge in [-0.25, -0.2) is 0 Å². The first-order valence-corrected chi connectivity index (χ1v) is 8.65. The monoisotopic (exact) mass is 342 g/mol. The Kier molecular flexibility index (Phi) is 4.12. The van der Waals surface area contributed by atoms with E-state index in [0.29, 0.717) is 17.6 Å². The molecule has 2 aromatic rings. The Balaban J connectivity index is 1.59. The predicted molar refractivity (Wildman–Crippen MR) is 91.8 cm³/mol. The summed E-state index contributed by atoms with van der Waals surface area (Å²) in [4.78, 5) is 12.5. The maximum Gasteiger partial charge on any atom is 0.227 e. The average molecular weight is 342 g/mol. The van der Waals surface area contributed by atoms with E-state index in [2.05, 4.69) is 26.2 Å². The van der Waals surface area contributed by atoms with Crippen molar-refractivity contribution in [3.63, 3.8) is 0 Å². The number of hydrogen-bond donors (Lipinski definition) is 2. The Morgan fingerprint density at radius 2 is 2.20 bits per heavy atom. The molecule has 1 aliphatic heterocycles. The molecule has 0 spiro atoms. The summed E-state index contributed by atoms with van der Waals surface area (Å²) < 4.78 is 7.17. The molecule has 0 radical (unpaired) electrons. The summed E-state index contributed by atoms with van der Waals surface area (Å²) in [5, 5.41) is 18.3. The predicted octanol–water partition coefficient (Wildman–Crippen LogP) is 1.34. The molecule has 1 aromatic carbocycles. The molecule has 1 saturated heterocycles. The van der Waals surface area contributed by atoms with E-state index in [1.807, 2.05) is 25.1 Å². The number of hydrogen-bond acceptors (Lipinski definition) is 6. The highest BCUT2D eigenvalue weighted by molar-refractivity contribution is 5.93. The Hall–Kier alpha value is -2.48. The summed E-state index contributed by atoms with van der Waals surface area (Å²) in [6.07, 6.45) is 2.21. The van der Waals surface area contributed by atoms with Crippen molar-refractivity contribution in [3.8, 4) is 11.4 Å². The number of nitrogens with zero attached hydrogens (tertiary/aromatic N) is 4. The van der Waals surface area contributed by atoms with Crippen LogP contribution in [0.1, 0.15) is 31.5 Å². The van der Waals surface area contributed by atoms with Crippen molar-refractivity contribution in [2.75, 3.05) is 25.5 Å². The SMILES string of the molecule is COc1ccc(NC(=O)C(C)C2CNC2)cc1-n1nnnc1C1CC1. The minimum atomic E-state index is -0.0261. The zero-order chi connectivity index (χ0) is 17.4. The topological polar surface area (TPSA) is 94.0 Å². The molecule has 132 valence electrons.